The molecular weight excluding hydrogens is 256 g/mol. The summed E-state index contributed by atoms with van der Waals surface area (Å²) < 4.78 is 12.6. The number of ether oxygens (including phenoxy) is 2. The summed E-state index contributed by atoms with van der Waals surface area (Å²) >= 11 is 0. The number of rotatable bonds is 7. The van der Waals surface area contributed by atoms with Gasteiger partial charge in [0.2, 0.25) is 0 Å². The Morgan fingerprint density at radius 2 is 2.05 bits per heavy atom. The van der Waals surface area contributed by atoms with E-state index in [1.165, 1.54) is 0 Å². The molecule has 0 unspecified atom stereocenters. The van der Waals surface area contributed by atoms with E-state index in [0.717, 1.165) is 30.3 Å². The number of likely N-dealkylation sites (N-methyl/N-ethyl adjacent to an activating group) is 1. The molecule has 0 saturated carbocycles. The maximum absolute atomic E-state index is 5.67. The SMILES string of the molecule is COc1cccc(OCc2cn(CCN(C)C)nn2)c1. The first kappa shape index (κ1) is 14.3. The van der Waals surface area contributed by atoms with Crippen LogP contribution in [0.1, 0.15) is 5.69 Å². The van der Waals surface area contributed by atoms with Gasteiger partial charge in [0.05, 0.1) is 19.9 Å². The molecule has 2 rings (SSSR count). The summed E-state index contributed by atoms with van der Waals surface area (Å²) in [4.78, 5) is 2.11. The Bertz CT molecular complexity index is 539. The first-order chi connectivity index (χ1) is 9.67. The van der Waals surface area contributed by atoms with Crippen molar-refractivity contribution in [3.63, 3.8) is 0 Å². The lowest BCUT2D eigenvalue weighted by atomic mass is 10.3. The Kier molecular flexibility index (Phi) is 4.95. The average molecular weight is 276 g/mol. The third kappa shape index (κ3) is 4.24. The molecule has 6 nitrogen and oxygen atoms in total. The molecule has 0 spiro atoms. The lowest BCUT2D eigenvalue weighted by molar-refractivity contribution is 0.298. The van der Waals surface area contributed by atoms with Crippen LogP contribution in [0.3, 0.4) is 0 Å². The quantitative estimate of drug-likeness (QED) is 0.765. The molecule has 0 atom stereocenters. The average Bonchev–Trinajstić information content (AvgIpc) is 2.91. The van der Waals surface area contributed by atoms with Crippen LogP contribution in [0.25, 0.3) is 0 Å². The van der Waals surface area contributed by atoms with Gasteiger partial charge < -0.3 is 14.4 Å². The van der Waals surface area contributed by atoms with E-state index in [9.17, 15) is 0 Å². The second-order valence-electron chi connectivity index (χ2n) is 4.74. The van der Waals surface area contributed by atoms with Gasteiger partial charge in [-0.2, -0.15) is 0 Å². The van der Waals surface area contributed by atoms with Crippen molar-refractivity contribution in [2.45, 2.75) is 13.2 Å². The Hall–Kier alpha value is -2.08. The second kappa shape index (κ2) is 6.91. The van der Waals surface area contributed by atoms with Crippen molar-refractivity contribution >= 4 is 0 Å². The van der Waals surface area contributed by atoms with Crippen LogP contribution in [0, 0.1) is 0 Å². The number of methoxy groups -OCH3 is 1. The molecule has 0 aliphatic carbocycles. The van der Waals surface area contributed by atoms with Gasteiger partial charge in [-0.05, 0) is 26.2 Å². The van der Waals surface area contributed by atoms with E-state index in [-0.39, 0.29) is 0 Å². The topological polar surface area (TPSA) is 52.4 Å². The highest BCUT2D eigenvalue weighted by Crippen LogP contribution is 2.19. The Morgan fingerprint density at radius 1 is 1.25 bits per heavy atom. The minimum absolute atomic E-state index is 0.398. The van der Waals surface area contributed by atoms with Crippen LogP contribution in [0.2, 0.25) is 0 Å². The smallest absolute Gasteiger partial charge is 0.134 e. The third-order valence-corrected chi connectivity index (χ3v) is 2.79. The van der Waals surface area contributed by atoms with Crippen molar-refractivity contribution in [3.05, 3.63) is 36.2 Å². The molecule has 2 aromatic rings. The summed E-state index contributed by atoms with van der Waals surface area (Å²) in [6.45, 7) is 2.15. The van der Waals surface area contributed by atoms with Crippen LogP contribution in [-0.4, -0.2) is 47.6 Å². The van der Waals surface area contributed by atoms with E-state index in [0.29, 0.717) is 6.61 Å². The van der Waals surface area contributed by atoms with Crippen LogP contribution in [0.4, 0.5) is 0 Å². The van der Waals surface area contributed by atoms with Gasteiger partial charge in [-0.1, -0.05) is 11.3 Å². The summed E-state index contributed by atoms with van der Waals surface area (Å²) in [7, 11) is 5.70. The molecule has 0 fully saturated rings. The Labute approximate surface area is 118 Å². The third-order valence-electron chi connectivity index (χ3n) is 2.79. The van der Waals surface area contributed by atoms with Crippen molar-refractivity contribution in [2.24, 2.45) is 0 Å². The molecule has 0 bridgehead atoms. The number of hydrogen-bond donors (Lipinski definition) is 0. The molecule has 1 aromatic carbocycles. The number of benzene rings is 1. The molecule has 0 radical (unpaired) electrons. The van der Waals surface area contributed by atoms with Gasteiger partial charge in [0.1, 0.15) is 23.8 Å². The standard InChI is InChI=1S/C14H20N4O2/c1-17(2)7-8-18-10-12(15-16-18)11-20-14-6-4-5-13(9-14)19-3/h4-6,9-10H,7-8,11H2,1-3H3. The molecule has 0 saturated heterocycles. The van der Waals surface area contributed by atoms with E-state index in [2.05, 4.69) is 15.2 Å². The molecule has 1 aromatic heterocycles. The van der Waals surface area contributed by atoms with Crippen molar-refractivity contribution in [3.8, 4) is 11.5 Å². The zero-order valence-corrected chi connectivity index (χ0v) is 12.1. The van der Waals surface area contributed by atoms with Gasteiger partial charge in [-0.3, -0.25) is 4.68 Å². The number of aromatic nitrogens is 3. The van der Waals surface area contributed by atoms with E-state index >= 15 is 0 Å². The summed E-state index contributed by atoms with van der Waals surface area (Å²) in [5.74, 6) is 1.53. The van der Waals surface area contributed by atoms with E-state index in [4.69, 9.17) is 9.47 Å². The summed E-state index contributed by atoms with van der Waals surface area (Å²) in [5, 5.41) is 8.16. The minimum atomic E-state index is 0.398. The van der Waals surface area contributed by atoms with Gasteiger partial charge in [-0.15, -0.1) is 5.10 Å². The van der Waals surface area contributed by atoms with Crippen molar-refractivity contribution in [2.75, 3.05) is 27.7 Å². The molecular formula is C14H20N4O2. The first-order valence-corrected chi connectivity index (χ1v) is 6.48. The largest absolute Gasteiger partial charge is 0.497 e. The minimum Gasteiger partial charge on any atom is -0.497 e. The highest BCUT2D eigenvalue weighted by atomic mass is 16.5. The predicted molar refractivity (Wildman–Crippen MR) is 75.9 cm³/mol. The van der Waals surface area contributed by atoms with Crippen molar-refractivity contribution < 1.29 is 9.47 Å². The van der Waals surface area contributed by atoms with Crippen molar-refractivity contribution in [1.82, 2.24) is 19.9 Å². The second-order valence-corrected chi connectivity index (χ2v) is 4.74. The molecule has 0 amide bonds. The maximum atomic E-state index is 5.67. The summed E-state index contributed by atoms with van der Waals surface area (Å²) in [6, 6.07) is 7.50. The van der Waals surface area contributed by atoms with Gasteiger partial charge in [0.25, 0.3) is 0 Å². The highest BCUT2D eigenvalue weighted by Gasteiger charge is 2.03. The van der Waals surface area contributed by atoms with E-state index < -0.39 is 0 Å². The molecule has 0 aliphatic rings. The lowest BCUT2D eigenvalue weighted by Gasteiger charge is -2.08. The van der Waals surface area contributed by atoms with Crippen LogP contribution >= 0.6 is 0 Å². The summed E-state index contributed by atoms with van der Waals surface area (Å²) in [5.41, 5.74) is 0.812. The summed E-state index contributed by atoms with van der Waals surface area (Å²) in [6.07, 6.45) is 1.91. The van der Waals surface area contributed by atoms with Gasteiger partial charge in [-0.25, -0.2) is 0 Å². The van der Waals surface area contributed by atoms with Gasteiger partial charge in [0, 0.05) is 12.6 Å². The normalized spacial score (nSPS) is 10.8. The monoisotopic (exact) mass is 276 g/mol. The number of nitrogens with zero attached hydrogens (tertiary/aromatic N) is 4. The van der Waals surface area contributed by atoms with E-state index in [1.807, 2.05) is 49.2 Å². The molecule has 6 heteroatoms. The fraction of sp³-hybridized carbons (Fsp3) is 0.429. The maximum Gasteiger partial charge on any atom is 0.134 e. The highest BCUT2D eigenvalue weighted by molar-refractivity contribution is 5.32. The first-order valence-electron chi connectivity index (χ1n) is 6.48. The fourth-order valence-electron chi connectivity index (χ4n) is 1.66. The predicted octanol–water partition coefficient (Wildman–Crippen LogP) is 1.43. The molecule has 0 aliphatic heterocycles. The molecule has 108 valence electrons. The van der Waals surface area contributed by atoms with Gasteiger partial charge >= 0.3 is 0 Å². The van der Waals surface area contributed by atoms with Crippen LogP contribution in [-0.2, 0) is 13.2 Å². The zero-order valence-electron chi connectivity index (χ0n) is 12.1. The fourth-order valence-corrected chi connectivity index (χ4v) is 1.66. The molecule has 1 heterocycles. The van der Waals surface area contributed by atoms with Crippen LogP contribution < -0.4 is 9.47 Å². The molecule has 20 heavy (non-hydrogen) atoms. The van der Waals surface area contributed by atoms with Crippen LogP contribution in [0.15, 0.2) is 30.5 Å². The van der Waals surface area contributed by atoms with Crippen molar-refractivity contribution in [1.29, 1.82) is 0 Å². The number of hydrogen-bond acceptors (Lipinski definition) is 5. The van der Waals surface area contributed by atoms with E-state index in [1.54, 1.807) is 7.11 Å². The Morgan fingerprint density at radius 3 is 2.80 bits per heavy atom. The zero-order chi connectivity index (χ0) is 14.4. The molecule has 0 N–H and O–H groups in total. The van der Waals surface area contributed by atoms with Crippen LogP contribution in [0.5, 0.6) is 11.5 Å². The lowest BCUT2D eigenvalue weighted by Crippen LogP contribution is -2.18. The Balaban J connectivity index is 1.87. The van der Waals surface area contributed by atoms with Gasteiger partial charge in [0.15, 0.2) is 0 Å².